The summed E-state index contributed by atoms with van der Waals surface area (Å²) in [7, 11) is 0. The maximum atomic E-state index is 12.6. The number of hydrogen-bond acceptors (Lipinski definition) is 6. The van der Waals surface area contributed by atoms with E-state index in [4.69, 9.17) is 5.73 Å². The Morgan fingerprint density at radius 1 is 1.36 bits per heavy atom. The van der Waals surface area contributed by atoms with Crippen LogP contribution in [0.5, 0.6) is 0 Å². The van der Waals surface area contributed by atoms with E-state index >= 15 is 0 Å². The van der Waals surface area contributed by atoms with Gasteiger partial charge in [-0.25, -0.2) is 0 Å². The number of carbonyl (C=O) groups excluding carboxylic acids is 3. The van der Waals surface area contributed by atoms with Crippen molar-refractivity contribution in [2.24, 2.45) is 5.73 Å². The molecular weight excluding hydrogens is 324 g/mol. The Morgan fingerprint density at radius 2 is 2.16 bits per heavy atom. The van der Waals surface area contributed by atoms with Gasteiger partial charge < -0.3 is 21.1 Å². The molecule has 134 valence electrons. The minimum atomic E-state index is -0.598. The second kappa shape index (κ2) is 7.30. The molecule has 0 radical (unpaired) electrons. The molecule has 0 saturated carbocycles. The van der Waals surface area contributed by atoms with Gasteiger partial charge in [-0.3, -0.25) is 19.7 Å². The van der Waals surface area contributed by atoms with Gasteiger partial charge in [-0.05, 0) is 23.6 Å². The number of rotatable bonds is 6. The molecular formula is C17H22N4O4. The number of carbonyl (C=O) groups is 3. The lowest BCUT2D eigenvalue weighted by Crippen LogP contribution is -2.52. The summed E-state index contributed by atoms with van der Waals surface area (Å²) in [5.74, 6) is -0.879. The molecule has 1 aromatic rings. The number of nitrogens with two attached hydrogens (primary N) is 1. The molecule has 3 amide bonds. The van der Waals surface area contributed by atoms with Gasteiger partial charge >= 0.3 is 0 Å². The van der Waals surface area contributed by atoms with Crippen LogP contribution in [0.15, 0.2) is 18.2 Å². The Labute approximate surface area is 145 Å². The highest BCUT2D eigenvalue weighted by Gasteiger charge is 2.38. The molecule has 1 aromatic carbocycles. The number of imide groups is 1. The second-order valence-electron chi connectivity index (χ2n) is 6.41. The first kappa shape index (κ1) is 17.5. The van der Waals surface area contributed by atoms with Crippen LogP contribution in [0, 0.1) is 0 Å². The van der Waals surface area contributed by atoms with Crippen LogP contribution in [0.1, 0.15) is 34.3 Å². The number of aliphatic hydroxyl groups is 1. The SMILES string of the molecule is NCC(O)CNCc1ccc2c(c1)CN(C1CCC(=O)NC1=O)C2=O. The van der Waals surface area contributed by atoms with Crippen molar-refractivity contribution >= 4 is 17.7 Å². The van der Waals surface area contributed by atoms with E-state index in [1.807, 2.05) is 12.1 Å². The first-order valence-corrected chi connectivity index (χ1v) is 8.35. The minimum Gasteiger partial charge on any atom is -0.390 e. The summed E-state index contributed by atoms with van der Waals surface area (Å²) in [6.07, 6.45) is 0.0179. The molecule has 1 fully saturated rings. The number of aliphatic hydroxyl groups excluding tert-OH is 1. The zero-order chi connectivity index (χ0) is 18.0. The molecule has 8 heteroatoms. The number of nitrogens with one attached hydrogen (secondary N) is 2. The highest BCUT2D eigenvalue weighted by atomic mass is 16.3. The molecule has 1 saturated heterocycles. The van der Waals surface area contributed by atoms with Gasteiger partial charge in [-0.2, -0.15) is 0 Å². The molecule has 2 atom stereocenters. The van der Waals surface area contributed by atoms with Gasteiger partial charge in [-0.1, -0.05) is 12.1 Å². The Kier molecular flexibility index (Phi) is 5.12. The third-order valence-electron chi connectivity index (χ3n) is 4.57. The van der Waals surface area contributed by atoms with Crippen molar-refractivity contribution in [3.8, 4) is 0 Å². The zero-order valence-electron chi connectivity index (χ0n) is 13.8. The number of fused-ring (bicyclic) bond motifs is 1. The quantitative estimate of drug-likeness (QED) is 0.483. The van der Waals surface area contributed by atoms with Crippen LogP contribution in [0.25, 0.3) is 0 Å². The van der Waals surface area contributed by atoms with Gasteiger partial charge in [0.05, 0.1) is 6.10 Å². The number of hydrogen-bond donors (Lipinski definition) is 4. The van der Waals surface area contributed by atoms with Gasteiger partial charge in [0.25, 0.3) is 5.91 Å². The van der Waals surface area contributed by atoms with Crippen molar-refractivity contribution < 1.29 is 19.5 Å². The first-order chi connectivity index (χ1) is 12.0. The highest BCUT2D eigenvalue weighted by molar-refractivity contribution is 6.05. The Bertz CT molecular complexity index is 706. The summed E-state index contributed by atoms with van der Waals surface area (Å²) in [6.45, 7) is 1.51. The summed E-state index contributed by atoms with van der Waals surface area (Å²) < 4.78 is 0. The van der Waals surface area contributed by atoms with Crippen molar-refractivity contribution in [3.63, 3.8) is 0 Å². The molecule has 8 nitrogen and oxygen atoms in total. The molecule has 0 aromatic heterocycles. The van der Waals surface area contributed by atoms with Crippen LogP contribution >= 0.6 is 0 Å². The van der Waals surface area contributed by atoms with Crippen molar-refractivity contribution in [1.82, 2.24) is 15.5 Å². The van der Waals surface area contributed by atoms with E-state index in [2.05, 4.69) is 10.6 Å². The fourth-order valence-electron chi connectivity index (χ4n) is 3.20. The smallest absolute Gasteiger partial charge is 0.255 e. The fraction of sp³-hybridized carbons (Fsp3) is 0.471. The number of piperidine rings is 1. The van der Waals surface area contributed by atoms with Crippen LogP contribution in [0.3, 0.4) is 0 Å². The normalized spacial score (nSPS) is 21.3. The lowest BCUT2D eigenvalue weighted by molar-refractivity contribution is -0.136. The maximum Gasteiger partial charge on any atom is 0.255 e. The fourth-order valence-corrected chi connectivity index (χ4v) is 3.20. The third kappa shape index (κ3) is 3.71. The van der Waals surface area contributed by atoms with E-state index in [0.717, 1.165) is 11.1 Å². The van der Waals surface area contributed by atoms with Gasteiger partial charge in [-0.15, -0.1) is 0 Å². The molecule has 25 heavy (non-hydrogen) atoms. The van der Waals surface area contributed by atoms with Crippen molar-refractivity contribution in [2.45, 2.75) is 38.1 Å². The topological polar surface area (TPSA) is 125 Å². The maximum absolute atomic E-state index is 12.6. The van der Waals surface area contributed by atoms with Crippen molar-refractivity contribution in [3.05, 3.63) is 34.9 Å². The van der Waals surface area contributed by atoms with Gasteiger partial charge in [0.15, 0.2) is 0 Å². The number of amides is 3. The summed E-state index contributed by atoms with van der Waals surface area (Å²) in [6, 6.07) is 4.95. The molecule has 2 aliphatic heterocycles. The molecule has 0 bridgehead atoms. The predicted octanol–water partition coefficient (Wildman–Crippen LogP) is -1.14. The highest BCUT2D eigenvalue weighted by Crippen LogP contribution is 2.28. The van der Waals surface area contributed by atoms with E-state index in [1.165, 1.54) is 4.90 Å². The Morgan fingerprint density at radius 3 is 2.88 bits per heavy atom. The Hall–Kier alpha value is -2.29. The van der Waals surface area contributed by atoms with Crippen LogP contribution in [-0.4, -0.2) is 53.0 Å². The lowest BCUT2D eigenvalue weighted by atomic mass is 10.0. The molecule has 0 spiro atoms. The van der Waals surface area contributed by atoms with E-state index in [9.17, 15) is 19.5 Å². The molecule has 2 heterocycles. The summed E-state index contributed by atoms with van der Waals surface area (Å²) in [5, 5.41) is 14.9. The zero-order valence-corrected chi connectivity index (χ0v) is 13.8. The van der Waals surface area contributed by atoms with Crippen LogP contribution in [-0.2, 0) is 22.7 Å². The largest absolute Gasteiger partial charge is 0.390 e. The molecule has 3 rings (SSSR count). The third-order valence-corrected chi connectivity index (χ3v) is 4.57. The lowest BCUT2D eigenvalue weighted by Gasteiger charge is -2.29. The van der Waals surface area contributed by atoms with E-state index in [0.29, 0.717) is 31.6 Å². The summed E-state index contributed by atoms with van der Waals surface area (Å²) in [5.41, 5.74) is 7.81. The molecule has 5 N–H and O–H groups in total. The van der Waals surface area contributed by atoms with Crippen molar-refractivity contribution in [2.75, 3.05) is 13.1 Å². The van der Waals surface area contributed by atoms with Gasteiger partial charge in [0.2, 0.25) is 11.8 Å². The predicted molar refractivity (Wildman–Crippen MR) is 89.3 cm³/mol. The van der Waals surface area contributed by atoms with E-state index < -0.39 is 18.1 Å². The van der Waals surface area contributed by atoms with Crippen molar-refractivity contribution in [1.29, 1.82) is 0 Å². The van der Waals surface area contributed by atoms with E-state index in [-0.39, 0.29) is 24.8 Å². The summed E-state index contributed by atoms with van der Waals surface area (Å²) >= 11 is 0. The Balaban J connectivity index is 1.67. The van der Waals surface area contributed by atoms with Crippen LogP contribution < -0.4 is 16.4 Å². The van der Waals surface area contributed by atoms with Crippen LogP contribution in [0.4, 0.5) is 0 Å². The summed E-state index contributed by atoms with van der Waals surface area (Å²) in [4.78, 5) is 37.4. The standard InChI is InChI=1S/C17H22N4O4/c18-6-12(22)8-19-7-10-1-2-13-11(5-10)9-21(17(13)25)14-3-4-15(23)20-16(14)24/h1-2,5,12,14,19,22H,3-4,6-9,18H2,(H,20,23,24). The first-order valence-electron chi connectivity index (χ1n) is 8.35. The average Bonchev–Trinajstić information content (AvgIpc) is 2.91. The monoisotopic (exact) mass is 346 g/mol. The minimum absolute atomic E-state index is 0.178. The second-order valence-corrected chi connectivity index (χ2v) is 6.41. The molecule has 0 aliphatic carbocycles. The molecule has 2 unspecified atom stereocenters. The number of benzene rings is 1. The van der Waals surface area contributed by atoms with E-state index in [1.54, 1.807) is 6.07 Å². The van der Waals surface area contributed by atoms with Gasteiger partial charge in [0, 0.05) is 38.2 Å². The van der Waals surface area contributed by atoms with Gasteiger partial charge in [0.1, 0.15) is 6.04 Å². The van der Waals surface area contributed by atoms with Crippen LogP contribution in [0.2, 0.25) is 0 Å². The average molecular weight is 346 g/mol. The number of nitrogens with zero attached hydrogens (tertiary/aromatic N) is 1. The molecule has 2 aliphatic rings.